The number of carbonyl (C=O) groups is 4. The third-order valence-electron chi connectivity index (χ3n) is 4.96. The largest absolute Gasteiger partial charge is 0.459 e. The van der Waals surface area contributed by atoms with Gasteiger partial charge in [-0.3, -0.25) is 9.59 Å². The zero-order valence-corrected chi connectivity index (χ0v) is 22.8. The predicted molar refractivity (Wildman–Crippen MR) is 139 cm³/mol. The highest BCUT2D eigenvalue weighted by Crippen LogP contribution is 2.14. The van der Waals surface area contributed by atoms with Crippen LogP contribution in [0, 0.1) is 5.92 Å². The van der Waals surface area contributed by atoms with Crippen molar-refractivity contribution in [3.63, 3.8) is 0 Å². The summed E-state index contributed by atoms with van der Waals surface area (Å²) in [5.41, 5.74) is 0.644. The van der Waals surface area contributed by atoms with Crippen LogP contribution in [-0.4, -0.2) is 41.4 Å². The van der Waals surface area contributed by atoms with Crippen molar-refractivity contribution in [1.29, 1.82) is 0 Å². The third-order valence-corrected chi connectivity index (χ3v) is 5.45. The Morgan fingerprint density at radius 2 is 1.56 bits per heavy atom. The predicted octanol–water partition coefficient (Wildman–Crippen LogP) is 4.34. The van der Waals surface area contributed by atoms with E-state index in [1.807, 2.05) is 12.1 Å². The van der Waals surface area contributed by atoms with E-state index in [0.717, 1.165) is 10.0 Å². The monoisotopic (exact) mass is 560 g/mol. The van der Waals surface area contributed by atoms with Crippen LogP contribution in [0.2, 0.25) is 0 Å². The van der Waals surface area contributed by atoms with Gasteiger partial charge in [0, 0.05) is 10.9 Å². The summed E-state index contributed by atoms with van der Waals surface area (Å²) >= 11 is 3.36. The minimum Gasteiger partial charge on any atom is -0.459 e. The van der Waals surface area contributed by atoms with Gasteiger partial charge in [0.1, 0.15) is 18.2 Å². The summed E-state index contributed by atoms with van der Waals surface area (Å²) in [6.45, 7) is 8.52. The number of rotatable bonds is 10. The summed E-state index contributed by atoms with van der Waals surface area (Å²) in [4.78, 5) is 51.6. The molecule has 0 radical (unpaired) electrons. The van der Waals surface area contributed by atoms with E-state index in [1.54, 1.807) is 77.1 Å². The van der Waals surface area contributed by atoms with Crippen LogP contribution < -0.4 is 10.6 Å². The SMILES string of the molecule is CC(C)[C@H](NC(=O)OC(C)(C)C)C(=O)NC(C(=O)Cc1cccc(Br)c1)C(=O)OCc1ccccc1. The van der Waals surface area contributed by atoms with Crippen LogP contribution in [0.3, 0.4) is 0 Å². The summed E-state index contributed by atoms with van der Waals surface area (Å²) < 4.78 is 11.4. The number of halogens is 1. The second-order valence-electron chi connectivity index (χ2n) is 9.68. The first-order valence-corrected chi connectivity index (χ1v) is 12.4. The van der Waals surface area contributed by atoms with Crippen LogP contribution in [0.15, 0.2) is 59.1 Å². The lowest BCUT2D eigenvalue weighted by Crippen LogP contribution is -2.56. The molecule has 0 saturated carbocycles. The first-order chi connectivity index (χ1) is 16.9. The topological polar surface area (TPSA) is 111 Å². The second kappa shape index (κ2) is 13.2. The summed E-state index contributed by atoms with van der Waals surface area (Å²) in [7, 11) is 0. The molecule has 2 atom stereocenters. The van der Waals surface area contributed by atoms with E-state index < -0.39 is 41.4 Å². The molecule has 0 aliphatic heterocycles. The molecule has 2 aromatic carbocycles. The number of hydrogen-bond acceptors (Lipinski definition) is 6. The normalized spacial score (nSPS) is 12.9. The molecular formula is C27H33BrN2O6. The Balaban J connectivity index is 2.20. The smallest absolute Gasteiger partial charge is 0.408 e. The van der Waals surface area contributed by atoms with Gasteiger partial charge in [-0.05, 0) is 49.9 Å². The van der Waals surface area contributed by atoms with Gasteiger partial charge < -0.3 is 20.1 Å². The van der Waals surface area contributed by atoms with Crippen molar-refractivity contribution in [2.45, 2.75) is 65.3 Å². The lowest BCUT2D eigenvalue weighted by molar-refractivity contribution is -0.152. The molecule has 0 aliphatic carbocycles. The van der Waals surface area contributed by atoms with Crippen LogP contribution >= 0.6 is 15.9 Å². The first kappa shape index (κ1) is 29.0. The molecule has 2 N–H and O–H groups in total. The molecule has 194 valence electrons. The van der Waals surface area contributed by atoms with Gasteiger partial charge in [0.15, 0.2) is 11.8 Å². The van der Waals surface area contributed by atoms with Crippen LogP contribution in [0.1, 0.15) is 45.7 Å². The molecule has 0 fully saturated rings. The Morgan fingerprint density at radius 3 is 2.14 bits per heavy atom. The summed E-state index contributed by atoms with van der Waals surface area (Å²) in [6.07, 6.45) is -0.878. The molecule has 0 aromatic heterocycles. The molecule has 1 unspecified atom stereocenters. The standard InChI is InChI=1S/C27H33BrN2O6/c1-17(2)22(30-26(34)36-27(3,4)5)24(32)29-23(21(31)15-19-12-9-13-20(28)14-19)25(33)35-16-18-10-7-6-8-11-18/h6-14,17,22-23H,15-16H2,1-5H3,(H,29,32)(H,30,34)/t22-,23?/m0/s1. The minimum atomic E-state index is -1.55. The minimum absolute atomic E-state index is 0.0556. The summed E-state index contributed by atoms with van der Waals surface area (Å²) in [5.74, 6) is -2.47. The van der Waals surface area contributed by atoms with E-state index in [2.05, 4.69) is 26.6 Å². The highest BCUT2D eigenvalue weighted by molar-refractivity contribution is 9.10. The number of carbonyl (C=O) groups excluding carboxylic acids is 4. The quantitative estimate of drug-likeness (QED) is 0.330. The lowest BCUT2D eigenvalue weighted by atomic mass is 10.0. The van der Waals surface area contributed by atoms with Gasteiger partial charge in [-0.25, -0.2) is 9.59 Å². The zero-order valence-electron chi connectivity index (χ0n) is 21.2. The molecule has 0 heterocycles. The van der Waals surface area contributed by atoms with Gasteiger partial charge in [0.2, 0.25) is 5.91 Å². The average molecular weight is 561 g/mol. The third kappa shape index (κ3) is 9.81. The Morgan fingerprint density at radius 1 is 0.917 bits per heavy atom. The van der Waals surface area contributed by atoms with Crippen LogP contribution in [0.4, 0.5) is 4.79 Å². The number of esters is 1. The van der Waals surface area contributed by atoms with Gasteiger partial charge in [-0.2, -0.15) is 0 Å². The fraction of sp³-hybridized carbons (Fsp3) is 0.407. The fourth-order valence-corrected chi connectivity index (χ4v) is 3.68. The van der Waals surface area contributed by atoms with Crippen LogP contribution in [0.25, 0.3) is 0 Å². The summed E-state index contributed by atoms with van der Waals surface area (Å²) in [6, 6.07) is 13.5. The van der Waals surface area contributed by atoms with E-state index in [1.165, 1.54) is 0 Å². The van der Waals surface area contributed by atoms with Crippen LogP contribution in [0.5, 0.6) is 0 Å². The van der Waals surface area contributed by atoms with Gasteiger partial charge in [0.25, 0.3) is 0 Å². The van der Waals surface area contributed by atoms with Crippen molar-refractivity contribution in [2.75, 3.05) is 0 Å². The summed E-state index contributed by atoms with van der Waals surface area (Å²) in [5, 5.41) is 5.02. The first-order valence-electron chi connectivity index (χ1n) is 11.6. The highest BCUT2D eigenvalue weighted by Gasteiger charge is 2.34. The van der Waals surface area contributed by atoms with Crippen molar-refractivity contribution in [3.05, 3.63) is 70.2 Å². The molecule has 9 heteroatoms. The van der Waals surface area contributed by atoms with E-state index >= 15 is 0 Å². The van der Waals surface area contributed by atoms with Crippen molar-refractivity contribution in [2.24, 2.45) is 5.92 Å². The maximum absolute atomic E-state index is 13.2. The van der Waals surface area contributed by atoms with Crippen LogP contribution in [-0.2, 0) is 36.9 Å². The van der Waals surface area contributed by atoms with Gasteiger partial charge in [-0.15, -0.1) is 0 Å². The molecule has 36 heavy (non-hydrogen) atoms. The van der Waals surface area contributed by atoms with Gasteiger partial charge in [-0.1, -0.05) is 72.2 Å². The number of benzene rings is 2. The Kier molecular flexibility index (Phi) is 10.6. The van der Waals surface area contributed by atoms with Gasteiger partial charge in [0.05, 0.1) is 0 Å². The fourth-order valence-electron chi connectivity index (χ4n) is 3.23. The van der Waals surface area contributed by atoms with E-state index in [9.17, 15) is 19.2 Å². The lowest BCUT2D eigenvalue weighted by Gasteiger charge is -2.26. The Hall–Kier alpha value is -3.20. The number of alkyl carbamates (subject to hydrolysis) is 1. The molecule has 2 aromatic rings. The number of hydrogen-bond donors (Lipinski definition) is 2. The molecular weight excluding hydrogens is 528 g/mol. The number of amides is 2. The molecule has 0 aliphatic rings. The molecule has 0 spiro atoms. The highest BCUT2D eigenvalue weighted by atomic mass is 79.9. The molecule has 2 rings (SSSR count). The number of Topliss-reactive ketones (excluding diaryl/α,β-unsaturated/α-hetero) is 1. The average Bonchev–Trinajstić information content (AvgIpc) is 2.78. The zero-order chi connectivity index (χ0) is 26.9. The van der Waals surface area contributed by atoms with Crippen molar-refractivity contribution >= 4 is 39.7 Å². The molecule has 0 bridgehead atoms. The molecule has 8 nitrogen and oxygen atoms in total. The maximum Gasteiger partial charge on any atom is 0.408 e. The van der Waals surface area contributed by atoms with Crippen molar-refractivity contribution in [3.8, 4) is 0 Å². The Labute approximate surface area is 220 Å². The Bertz CT molecular complexity index is 1070. The van der Waals surface area contributed by atoms with Gasteiger partial charge >= 0.3 is 12.1 Å². The number of nitrogens with one attached hydrogen (secondary N) is 2. The van der Waals surface area contributed by atoms with Crippen molar-refractivity contribution in [1.82, 2.24) is 10.6 Å². The molecule has 2 amide bonds. The molecule has 0 saturated heterocycles. The van der Waals surface area contributed by atoms with E-state index in [0.29, 0.717) is 5.56 Å². The van der Waals surface area contributed by atoms with E-state index in [-0.39, 0.29) is 18.9 Å². The number of ketones is 1. The number of ether oxygens (including phenoxy) is 2. The van der Waals surface area contributed by atoms with Crippen molar-refractivity contribution < 1.29 is 28.7 Å². The van der Waals surface area contributed by atoms with E-state index in [4.69, 9.17) is 9.47 Å². The second-order valence-corrected chi connectivity index (χ2v) is 10.6. The maximum atomic E-state index is 13.2.